The summed E-state index contributed by atoms with van der Waals surface area (Å²) in [6, 6.07) is 55.6. The summed E-state index contributed by atoms with van der Waals surface area (Å²) in [7, 11) is 0. The number of hydrogen-bond acceptors (Lipinski definition) is 0. The third-order valence-electron chi connectivity index (χ3n) is 13.3. The Balaban J connectivity index is 1.09. The smallest absolute Gasteiger partial charge is 0.0159 e. The SMILES string of the molecule is CC1(C)c2ccccc2-c2ccc(-c3ccc4c(-c5ccc6ccccc6c5)c5cc(-c6ccc7c(c6)C(C)(C)C6C=CC=CC76)ccc5cc4c3)cc21. The van der Waals surface area contributed by atoms with Gasteiger partial charge in [-0.3, -0.25) is 0 Å². The van der Waals surface area contributed by atoms with Crippen LogP contribution in [0.1, 0.15) is 55.9 Å². The van der Waals surface area contributed by atoms with Crippen molar-refractivity contribution in [2.45, 2.75) is 44.4 Å². The highest BCUT2D eigenvalue weighted by molar-refractivity contribution is 6.15. The van der Waals surface area contributed by atoms with Crippen molar-refractivity contribution in [1.82, 2.24) is 0 Å². The maximum atomic E-state index is 2.48. The van der Waals surface area contributed by atoms with Crippen LogP contribution in [-0.2, 0) is 10.8 Å². The highest BCUT2D eigenvalue weighted by Gasteiger charge is 2.44. The number of rotatable bonds is 3. The van der Waals surface area contributed by atoms with Gasteiger partial charge in [0.2, 0.25) is 0 Å². The summed E-state index contributed by atoms with van der Waals surface area (Å²) >= 11 is 0. The minimum atomic E-state index is -0.0309. The van der Waals surface area contributed by atoms with Gasteiger partial charge in [-0.25, -0.2) is 0 Å². The number of fused-ring (bicyclic) bond motifs is 9. The molecule has 0 aliphatic heterocycles. The zero-order valence-corrected chi connectivity index (χ0v) is 31.3. The molecule has 0 fully saturated rings. The Kier molecular flexibility index (Phi) is 6.58. The van der Waals surface area contributed by atoms with Gasteiger partial charge in [-0.05, 0) is 141 Å². The average molecular weight is 691 g/mol. The van der Waals surface area contributed by atoms with Gasteiger partial charge < -0.3 is 0 Å². The van der Waals surface area contributed by atoms with Crippen LogP contribution in [0.4, 0.5) is 0 Å². The zero-order valence-electron chi connectivity index (χ0n) is 31.3. The Morgan fingerprint density at radius 1 is 0.407 bits per heavy atom. The molecule has 2 atom stereocenters. The first-order valence-electron chi connectivity index (χ1n) is 19.5. The fourth-order valence-electron chi connectivity index (χ4n) is 10.4. The summed E-state index contributed by atoms with van der Waals surface area (Å²) < 4.78 is 0. The molecule has 54 heavy (non-hydrogen) atoms. The molecule has 258 valence electrons. The van der Waals surface area contributed by atoms with Gasteiger partial charge in [-0.15, -0.1) is 0 Å². The largest absolute Gasteiger partial charge is 0.0796 e. The van der Waals surface area contributed by atoms with E-state index in [4.69, 9.17) is 0 Å². The van der Waals surface area contributed by atoms with E-state index >= 15 is 0 Å². The van der Waals surface area contributed by atoms with E-state index in [-0.39, 0.29) is 10.8 Å². The quantitative estimate of drug-likeness (QED) is 0.162. The van der Waals surface area contributed by atoms with E-state index in [0.717, 1.165) is 0 Å². The van der Waals surface area contributed by atoms with E-state index in [1.165, 1.54) is 99.1 Å². The molecule has 0 saturated heterocycles. The lowest BCUT2D eigenvalue weighted by atomic mass is 9.74. The van der Waals surface area contributed by atoms with Gasteiger partial charge in [-0.1, -0.05) is 167 Å². The van der Waals surface area contributed by atoms with Crippen molar-refractivity contribution in [1.29, 1.82) is 0 Å². The predicted octanol–water partition coefficient (Wildman–Crippen LogP) is 14.6. The maximum absolute atomic E-state index is 2.48. The minimum Gasteiger partial charge on any atom is -0.0796 e. The topological polar surface area (TPSA) is 0 Å². The normalized spacial score (nSPS) is 18.5. The predicted molar refractivity (Wildman–Crippen MR) is 230 cm³/mol. The highest BCUT2D eigenvalue weighted by atomic mass is 14.5. The van der Waals surface area contributed by atoms with Gasteiger partial charge in [0.1, 0.15) is 0 Å². The second kappa shape index (κ2) is 11.3. The summed E-state index contributed by atoms with van der Waals surface area (Å²) in [6.45, 7) is 9.57. The maximum Gasteiger partial charge on any atom is 0.0159 e. The molecule has 0 heteroatoms. The van der Waals surface area contributed by atoms with Gasteiger partial charge in [0, 0.05) is 11.3 Å². The zero-order chi connectivity index (χ0) is 36.3. The molecule has 3 aliphatic rings. The van der Waals surface area contributed by atoms with Crippen LogP contribution in [-0.4, -0.2) is 0 Å². The summed E-state index contributed by atoms with van der Waals surface area (Å²) in [5.41, 5.74) is 16.2. The molecule has 0 bridgehead atoms. The molecule has 2 unspecified atom stereocenters. The van der Waals surface area contributed by atoms with Crippen molar-refractivity contribution in [2.75, 3.05) is 0 Å². The van der Waals surface area contributed by atoms with Gasteiger partial charge in [0.05, 0.1) is 0 Å². The molecule has 0 nitrogen and oxygen atoms in total. The van der Waals surface area contributed by atoms with Crippen LogP contribution >= 0.6 is 0 Å². The van der Waals surface area contributed by atoms with Crippen LogP contribution in [0.5, 0.6) is 0 Å². The fourth-order valence-corrected chi connectivity index (χ4v) is 10.4. The molecule has 8 aromatic rings. The third-order valence-corrected chi connectivity index (χ3v) is 13.3. The molecular weight excluding hydrogens is 649 g/mol. The summed E-state index contributed by atoms with van der Waals surface area (Å²) in [5, 5.41) is 7.63. The Morgan fingerprint density at radius 2 is 1.04 bits per heavy atom. The molecule has 3 aliphatic carbocycles. The van der Waals surface area contributed by atoms with E-state index in [2.05, 4.69) is 198 Å². The molecule has 0 saturated carbocycles. The first kappa shape index (κ1) is 31.5. The van der Waals surface area contributed by atoms with Gasteiger partial charge in [-0.2, -0.15) is 0 Å². The Bertz CT molecular complexity index is 2950. The van der Waals surface area contributed by atoms with Crippen molar-refractivity contribution in [3.8, 4) is 44.5 Å². The molecule has 0 amide bonds. The molecule has 0 radical (unpaired) electrons. The van der Waals surface area contributed by atoms with Crippen LogP contribution < -0.4 is 0 Å². The van der Waals surface area contributed by atoms with Crippen LogP contribution in [0.15, 0.2) is 170 Å². The number of hydrogen-bond donors (Lipinski definition) is 0. The average Bonchev–Trinajstić information content (AvgIpc) is 3.58. The van der Waals surface area contributed by atoms with Crippen LogP contribution in [0, 0.1) is 5.92 Å². The van der Waals surface area contributed by atoms with E-state index in [1.807, 2.05) is 0 Å². The molecule has 0 heterocycles. The summed E-state index contributed by atoms with van der Waals surface area (Å²) in [4.78, 5) is 0. The van der Waals surface area contributed by atoms with Gasteiger partial charge in [0.15, 0.2) is 0 Å². The molecule has 8 aromatic carbocycles. The molecule has 0 spiro atoms. The van der Waals surface area contributed by atoms with Crippen molar-refractivity contribution >= 4 is 32.3 Å². The van der Waals surface area contributed by atoms with Gasteiger partial charge in [0.25, 0.3) is 0 Å². The lowest BCUT2D eigenvalue weighted by Gasteiger charge is -2.29. The van der Waals surface area contributed by atoms with Gasteiger partial charge >= 0.3 is 0 Å². The summed E-state index contributed by atoms with van der Waals surface area (Å²) in [5.74, 6) is 0.959. The van der Waals surface area contributed by atoms with E-state index in [9.17, 15) is 0 Å². The minimum absolute atomic E-state index is 0.0309. The van der Waals surface area contributed by atoms with E-state index < -0.39 is 0 Å². The second-order valence-corrected chi connectivity index (χ2v) is 17.0. The second-order valence-electron chi connectivity index (χ2n) is 17.0. The van der Waals surface area contributed by atoms with Crippen LogP contribution in [0.25, 0.3) is 76.8 Å². The lowest BCUT2D eigenvalue weighted by molar-refractivity contribution is 0.394. The van der Waals surface area contributed by atoms with E-state index in [0.29, 0.717) is 11.8 Å². The Morgan fingerprint density at radius 3 is 1.93 bits per heavy atom. The first-order chi connectivity index (χ1) is 26.3. The molecule has 0 N–H and O–H groups in total. The first-order valence-corrected chi connectivity index (χ1v) is 19.5. The van der Waals surface area contributed by atoms with Crippen molar-refractivity contribution in [3.05, 3.63) is 192 Å². The Hall–Kier alpha value is -5.98. The third kappa shape index (κ3) is 4.50. The molecular formula is C54H42. The summed E-state index contributed by atoms with van der Waals surface area (Å²) in [6.07, 6.45) is 9.25. The number of allylic oxidation sites excluding steroid dienone is 4. The fraction of sp³-hybridized carbons (Fsp3) is 0.148. The highest BCUT2D eigenvalue weighted by Crippen LogP contribution is 2.54. The molecule has 11 rings (SSSR count). The van der Waals surface area contributed by atoms with Crippen molar-refractivity contribution < 1.29 is 0 Å². The van der Waals surface area contributed by atoms with Crippen molar-refractivity contribution in [2.24, 2.45) is 5.92 Å². The number of benzene rings is 8. The standard InChI is InChI=1S/C54H42/c1-53(2)48-15-9-7-13-43(48)45-25-22-37(31-50(45)53)35-21-24-42-41(28-35)29-39-19-18-36(30-47(39)52(42)40-20-17-33-11-5-6-12-34(33)27-40)38-23-26-46-44-14-8-10-16-49(44)54(3,4)51(46)32-38/h5-32,44,49H,1-4H3. The van der Waals surface area contributed by atoms with Crippen LogP contribution in [0.3, 0.4) is 0 Å². The van der Waals surface area contributed by atoms with Crippen molar-refractivity contribution in [3.63, 3.8) is 0 Å². The lowest BCUT2D eigenvalue weighted by Crippen LogP contribution is -2.24. The Labute approximate surface area is 318 Å². The van der Waals surface area contributed by atoms with E-state index in [1.54, 1.807) is 0 Å². The monoisotopic (exact) mass is 690 g/mol. The van der Waals surface area contributed by atoms with Crippen LogP contribution in [0.2, 0.25) is 0 Å². The molecule has 0 aromatic heterocycles.